The number of carbonyl (C=O) groups is 1. The molecule has 16 heavy (non-hydrogen) atoms. The summed E-state index contributed by atoms with van der Waals surface area (Å²) in [5, 5.41) is 21.2. The molecule has 84 valence electrons. The van der Waals surface area contributed by atoms with Gasteiger partial charge >= 0.3 is 0 Å². The van der Waals surface area contributed by atoms with Crippen LogP contribution in [0.2, 0.25) is 0 Å². The Kier molecular flexibility index (Phi) is 3.49. The van der Waals surface area contributed by atoms with Gasteiger partial charge in [0.25, 0.3) is 17.8 Å². The summed E-state index contributed by atoms with van der Waals surface area (Å²) in [5.74, 6) is 0. The molecule has 0 aliphatic rings. The van der Waals surface area contributed by atoms with Crippen molar-refractivity contribution in [2.45, 2.75) is 6.61 Å². The average molecular weight is 226 g/mol. The summed E-state index contributed by atoms with van der Waals surface area (Å²) in [6, 6.07) is 3.41. The maximum absolute atomic E-state index is 10.6. The topological polar surface area (TPSA) is 113 Å². The normalized spacial score (nSPS) is 9.50. The minimum Gasteiger partial charge on any atom is -0.462 e. The average Bonchev–Trinajstić information content (AvgIpc) is 2.25. The first-order valence-corrected chi connectivity index (χ1v) is 4.04. The second-order valence-electron chi connectivity index (χ2n) is 2.70. The van der Waals surface area contributed by atoms with Gasteiger partial charge in [0.2, 0.25) is 0 Å². The molecule has 0 aliphatic heterocycles. The predicted octanol–water partition coefficient (Wildman–Crippen LogP) is 1.18. The van der Waals surface area contributed by atoms with Crippen LogP contribution in [0.3, 0.4) is 0 Å². The van der Waals surface area contributed by atoms with Gasteiger partial charge in [-0.25, -0.2) is 0 Å². The molecule has 1 aromatic carbocycles. The molecule has 0 N–H and O–H groups in total. The van der Waals surface area contributed by atoms with E-state index in [1.165, 1.54) is 6.07 Å². The van der Waals surface area contributed by atoms with E-state index in [9.17, 15) is 25.0 Å². The van der Waals surface area contributed by atoms with Gasteiger partial charge in [-0.1, -0.05) is 0 Å². The predicted molar refractivity (Wildman–Crippen MR) is 50.6 cm³/mol. The Balaban J connectivity index is 3.28. The van der Waals surface area contributed by atoms with Gasteiger partial charge in [-0.15, -0.1) is 0 Å². The molecule has 8 nitrogen and oxygen atoms in total. The Morgan fingerprint density at radius 1 is 1.19 bits per heavy atom. The third kappa shape index (κ3) is 2.29. The summed E-state index contributed by atoms with van der Waals surface area (Å²) >= 11 is 0. The van der Waals surface area contributed by atoms with E-state index in [4.69, 9.17) is 0 Å². The summed E-state index contributed by atoms with van der Waals surface area (Å²) < 4.78 is 4.31. The highest BCUT2D eigenvalue weighted by Crippen LogP contribution is 2.28. The van der Waals surface area contributed by atoms with Crippen molar-refractivity contribution in [3.8, 4) is 0 Å². The van der Waals surface area contributed by atoms with E-state index in [0.29, 0.717) is 0 Å². The molecule has 1 aromatic rings. The fraction of sp³-hybridized carbons (Fsp3) is 0.125. The Hall–Kier alpha value is -2.51. The molecule has 0 radical (unpaired) electrons. The lowest BCUT2D eigenvalue weighted by Crippen LogP contribution is -2.02. The Bertz CT molecular complexity index is 412. The highest BCUT2D eigenvalue weighted by molar-refractivity contribution is 5.54. The molecular weight excluding hydrogens is 220 g/mol. The standard InChI is InChI=1S/C8H6N2O6/c11-5-16-4-6-7(9(12)13)2-1-3-8(6)10(14)15/h1-3,5H,4H2. The van der Waals surface area contributed by atoms with Gasteiger partial charge < -0.3 is 4.74 Å². The second-order valence-corrected chi connectivity index (χ2v) is 2.70. The number of ether oxygens (including phenoxy) is 1. The summed E-state index contributed by atoms with van der Waals surface area (Å²) in [6.07, 6.45) is 0. The molecule has 0 fully saturated rings. The van der Waals surface area contributed by atoms with Gasteiger partial charge in [-0.05, 0) is 6.07 Å². The molecule has 0 atom stereocenters. The van der Waals surface area contributed by atoms with E-state index in [1.54, 1.807) is 0 Å². The lowest BCUT2D eigenvalue weighted by Gasteiger charge is -2.02. The van der Waals surface area contributed by atoms with Gasteiger partial charge in [-0.3, -0.25) is 25.0 Å². The number of benzene rings is 1. The van der Waals surface area contributed by atoms with Crippen LogP contribution in [0.1, 0.15) is 5.56 Å². The van der Waals surface area contributed by atoms with E-state index >= 15 is 0 Å². The first-order chi connectivity index (χ1) is 7.57. The molecule has 0 amide bonds. The van der Waals surface area contributed by atoms with E-state index < -0.39 is 27.8 Å². The van der Waals surface area contributed by atoms with Crippen molar-refractivity contribution in [2.24, 2.45) is 0 Å². The van der Waals surface area contributed by atoms with Crippen molar-refractivity contribution < 1.29 is 19.4 Å². The number of nitro groups is 2. The zero-order valence-electron chi connectivity index (χ0n) is 7.86. The number of nitrogens with zero attached hydrogens (tertiary/aromatic N) is 2. The molecule has 0 saturated carbocycles. The van der Waals surface area contributed by atoms with Crippen LogP contribution in [0.4, 0.5) is 11.4 Å². The minimum absolute atomic E-state index is 0.0699. The molecule has 1 rings (SSSR count). The molecule has 0 saturated heterocycles. The van der Waals surface area contributed by atoms with Gasteiger partial charge in [0.15, 0.2) is 0 Å². The Morgan fingerprint density at radius 3 is 2.06 bits per heavy atom. The summed E-state index contributed by atoms with van der Waals surface area (Å²) in [7, 11) is 0. The maximum Gasteiger partial charge on any atom is 0.293 e. The number of rotatable bonds is 5. The largest absolute Gasteiger partial charge is 0.462 e. The molecular formula is C8H6N2O6. The molecule has 0 bridgehead atoms. The van der Waals surface area contributed by atoms with E-state index in [-0.39, 0.29) is 12.0 Å². The van der Waals surface area contributed by atoms with Crippen molar-refractivity contribution in [1.82, 2.24) is 0 Å². The summed E-state index contributed by atoms with van der Waals surface area (Å²) in [6.45, 7) is -0.433. The molecule has 8 heteroatoms. The first-order valence-electron chi connectivity index (χ1n) is 4.04. The van der Waals surface area contributed by atoms with Crippen molar-refractivity contribution in [3.63, 3.8) is 0 Å². The van der Waals surface area contributed by atoms with E-state index in [2.05, 4.69) is 4.74 Å². The Morgan fingerprint density at radius 2 is 1.69 bits per heavy atom. The van der Waals surface area contributed by atoms with Gasteiger partial charge in [0, 0.05) is 12.1 Å². The molecule has 0 aromatic heterocycles. The summed E-state index contributed by atoms with van der Waals surface area (Å²) in [5.41, 5.74) is -1.13. The van der Waals surface area contributed by atoms with Crippen LogP contribution in [0, 0.1) is 20.2 Å². The third-order valence-electron chi connectivity index (χ3n) is 1.82. The van der Waals surface area contributed by atoms with E-state index in [0.717, 1.165) is 12.1 Å². The maximum atomic E-state index is 10.6. The van der Waals surface area contributed by atoms with Crippen molar-refractivity contribution in [2.75, 3.05) is 0 Å². The minimum atomic E-state index is -0.767. The zero-order chi connectivity index (χ0) is 12.1. The van der Waals surface area contributed by atoms with Crippen LogP contribution in [0.15, 0.2) is 18.2 Å². The monoisotopic (exact) mass is 226 g/mol. The van der Waals surface area contributed by atoms with Crippen LogP contribution in [0.25, 0.3) is 0 Å². The lowest BCUT2D eigenvalue weighted by atomic mass is 10.1. The fourth-order valence-corrected chi connectivity index (χ4v) is 1.17. The second kappa shape index (κ2) is 4.82. The highest BCUT2D eigenvalue weighted by Gasteiger charge is 2.24. The van der Waals surface area contributed by atoms with E-state index in [1.807, 2.05) is 0 Å². The molecule has 0 heterocycles. The summed E-state index contributed by atoms with van der Waals surface area (Å²) in [4.78, 5) is 29.6. The smallest absolute Gasteiger partial charge is 0.293 e. The van der Waals surface area contributed by atoms with Crippen LogP contribution < -0.4 is 0 Å². The zero-order valence-corrected chi connectivity index (χ0v) is 7.86. The van der Waals surface area contributed by atoms with Crippen molar-refractivity contribution >= 4 is 17.8 Å². The van der Waals surface area contributed by atoms with Crippen LogP contribution in [-0.2, 0) is 16.1 Å². The number of nitro benzene ring substituents is 2. The quantitative estimate of drug-likeness (QED) is 0.423. The van der Waals surface area contributed by atoms with Crippen molar-refractivity contribution in [1.29, 1.82) is 0 Å². The van der Waals surface area contributed by atoms with Crippen LogP contribution >= 0.6 is 0 Å². The molecule has 0 spiro atoms. The Labute approximate surface area is 88.7 Å². The highest BCUT2D eigenvalue weighted by atomic mass is 16.6. The number of carbonyl (C=O) groups excluding carboxylic acids is 1. The number of hydrogen-bond donors (Lipinski definition) is 0. The first kappa shape index (κ1) is 11.6. The van der Waals surface area contributed by atoms with Gasteiger partial charge in [0.1, 0.15) is 12.2 Å². The van der Waals surface area contributed by atoms with Gasteiger partial charge in [0.05, 0.1) is 9.85 Å². The third-order valence-corrected chi connectivity index (χ3v) is 1.82. The van der Waals surface area contributed by atoms with Gasteiger partial charge in [-0.2, -0.15) is 0 Å². The van der Waals surface area contributed by atoms with Crippen LogP contribution in [-0.4, -0.2) is 16.3 Å². The fourth-order valence-electron chi connectivity index (χ4n) is 1.17. The SMILES string of the molecule is O=COCc1c([N+](=O)[O-])cccc1[N+](=O)[O-]. The van der Waals surface area contributed by atoms with Crippen LogP contribution in [0.5, 0.6) is 0 Å². The van der Waals surface area contributed by atoms with Crippen molar-refractivity contribution in [3.05, 3.63) is 44.0 Å². The lowest BCUT2D eigenvalue weighted by molar-refractivity contribution is -0.396. The number of hydrogen-bond acceptors (Lipinski definition) is 6. The molecule has 0 unspecified atom stereocenters. The molecule has 0 aliphatic carbocycles.